The van der Waals surface area contributed by atoms with Gasteiger partial charge in [-0.3, -0.25) is 4.79 Å². The van der Waals surface area contributed by atoms with Crippen LogP contribution in [-0.4, -0.2) is 11.6 Å². The van der Waals surface area contributed by atoms with Crippen LogP contribution in [0.4, 0.5) is 0 Å². The number of ether oxygens (including phenoxy) is 1. The van der Waals surface area contributed by atoms with Crippen molar-refractivity contribution in [3.8, 4) is 16.3 Å². The molecule has 3 nitrogen and oxygen atoms in total. The molecule has 96 valence electrons. The van der Waals surface area contributed by atoms with Gasteiger partial charge in [-0.15, -0.1) is 11.3 Å². The van der Waals surface area contributed by atoms with Crippen LogP contribution >= 0.6 is 11.3 Å². The maximum Gasteiger partial charge on any atom is 0.221 e. The number of aromatic nitrogens is 1. The van der Waals surface area contributed by atoms with E-state index >= 15 is 0 Å². The lowest BCUT2D eigenvalue weighted by Crippen LogP contribution is -2.07. The summed E-state index contributed by atoms with van der Waals surface area (Å²) < 4.78 is 6.42. The molecule has 1 heterocycles. The highest BCUT2D eigenvalue weighted by molar-refractivity contribution is 7.21. The SMILES string of the molecule is CCOc1cc2nc3ccc(C)cc3sc-2cc1=O. The van der Waals surface area contributed by atoms with Crippen LogP contribution < -0.4 is 10.2 Å². The maximum absolute atomic E-state index is 11.9. The van der Waals surface area contributed by atoms with E-state index in [9.17, 15) is 4.79 Å². The van der Waals surface area contributed by atoms with Crippen LogP contribution in [0.2, 0.25) is 0 Å². The van der Waals surface area contributed by atoms with Crippen LogP contribution in [0.15, 0.2) is 35.1 Å². The molecule has 3 rings (SSSR count). The summed E-state index contributed by atoms with van der Waals surface area (Å²) >= 11 is 1.59. The lowest BCUT2D eigenvalue weighted by Gasteiger charge is -2.08. The predicted molar refractivity (Wildman–Crippen MR) is 78.4 cm³/mol. The Balaban J connectivity index is 2.30. The van der Waals surface area contributed by atoms with E-state index in [1.807, 2.05) is 26.0 Å². The molecule has 0 saturated heterocycles. The Morgan fingerprint density at radius 1 is 1.26 bits per heavy atom. The Hall–Kier alpha value is -1.94. The molecule has 1 aliphatic heterocycles. The first-order valence-electron chi connectivity index (χ1n) is 6.15. The van der Waals surface area contributed by atoms with Gasteiger partial charge in [-0.25, -0.2) is 4.98 Å². The zero-order chi connectivity index (χ0) is 13.4. The topological polar surface area (TPSA) is 39.2 Å². The molecule has 0 spiro atoms. The fourth-order valence-electron chi connectivity index (χ4n) is 2.01. The lowest BCUT2D eigenvalue weighted by molar-refractivity contribution is 0.337. The number of aryl methyl sites for hydroxylation is 1. The zero-order valence-corrected chi connectivity index (χ0v) is 11.6. The van der Waals surface area contributed by atoms with Gasteiger partial charge in [0, 0.05) is 12.1 Å². The van der Waals surface area contributed by atoms with Crippen molar-refractivity contribution in [1.82, 2.24) is 4.98 Å². The van der Waals surface area contributed by atoms with Gasteiger partial charge in [0.2, 0.25) is 5.43 Å². The first-order valence-corrected chi connectivity index (χ1v) is 6.97. The van der Waals surface area contributed by atoms with Crippen LogP contribution in [-0.2, 0) is 0 Å². The summed E-state index contributed by atoms with van der Waals surface area (Å²) in [4.78, 5) is 17.4. The molecule has 1 aliphatic carbocycles. The number of benzene rings is 2. The van der Waals surface area contributed by atoms with Gasteiger partial charge in [0.25, 0.3) is 0 Å². The largest absolute Gasteiger partial charge is 0.490 e. The molecule has 0 unspecified atom stereocenters. The molecular weight excluding hydrogens is 258 g/mol. The van der Waals surface area contributed by atoms with Crippen molar-refractivity contribution in [3.63, 3.8) is 0 Å². The van der Waals surface area contributed by atoms with E-state index in [0.29, 0.717) is 12.4 Å². The molecule has 4 heteroatoms. The average Bonchev–Trinajstić information content (AvgIpc) is 2.38. The Bertz CT molecular complexity index is 779. The van der Waals surface area contributed by atoms with Gasteiger partial charge < -0.3 is 4.74 Å². The molecule has 0 amide bonds. The Morgan fingerprint density at radius 2 is 2.11 bits per heavy atom. The normalized spacial score (nSPS) is 11.1. The van der Waals surface area contributed by atoms with E-state index in [-0.39, 0.29) is 5.43 Å². The van der Waals surface area contributed by atoms with Gasteiger partial charge in [-0.1, -0.05) is 6.07 Å². The van der Waals surface area contributed by atoms with Gasteiger partial charge in [0.15, 0.2) is 5.75 Å². The summed E-state index contributed by atoms with van der Waals surface area (Å²) in [5, 5.41) is 0. The van der Waals surface area contributed by atoms with Crippen molar-refractivity contribution < 1.29 is 4.74 Å². The summed E-state index contributed by atoms with van der Waals surface area (Å²) in [6.07, 6.45) is 0. The summed E-state index contributed by atoms with van der Waals surface area (Å²) in [5.41, 5.74) is 2.87. The molecule has 19 heavy (non-hydrogen) atoms. The third kappa shape index (κ3) is 2.19. The van der Waals surface area contributed by atoms with Gasteiger partial charge in [0.1, 0.15) is 0 Å². The molecule has 0 fully saturated rings. The molecular formula is C15H13NO2S. The third-order valence-electron chi connectivity index (χ3n) is 2.90. The van der Waals surface area contributed by atoms with Gasteiger partial charge in [0.05, 0.1) is 27.4 Å². The minimum atomic E-state index is -0.0839. The van der Waals surface area contributed by atoms with Crippen molar-refractivity contribution >= 4 is 21.6 Å². The second kappa shape index (κ2) is 4.63. The second-order valence-corrected chi connectivity index (χ2v) is 5.47. The van der Waals surface area contributed by atoms with Crippen LogP contribution in [0, 0.1) is 6.92 Å². The fourth-order valence-corrected chi connectivity index (χ4v) is 3.09. The van der Waals surface area contributed by atoms with E-state index in [1.54, 1.807) is 23.5 Å². The Labute approximate surface area is 114 Å². The highest BCUT2D eigenvalue weighted by atomic mass is 32.1. The fraction of sp³-hybridized carbons (Fsp3) is 0.200. The van der Waals surface area contributed by atoms with E-state index in [1.165, 1.54) is 5.56 Å². The van der Waals surface area contributed by atoms with E-state index in [0.717, 1.165) is 20.8 Å². The van der Waals surface area contributed by atoms with Gasteiger partial charge in [-0.2, -0.15) is 0 Å². The smallest absolute Gasteiger partial charge is 0.221 e. The third-order valence-corrected chi connectivity index (χ3v) is 4.00. The number of hydrogen-bond donors (Lipinski definition) is 0. The van der Waals surface area contributed by atoms with Crippen LogP contribution in [0.5, 0.6) is 5.75 Å². The van der Waals surface area contributed by atoms with E-state index < -0.39 is 0 Å². The maximum atomic E-state index is 11.9. The number of hydrogen-bond acceptors (Lipinski definition) is 4. The standard InChI is InChI=1S/C15H13NO2S/c1-3-18-13-7-11-15(8-12(13)17)19-14-6-9(2)4-5-10(14)16-11/h4-8H,3H2,1-2H3. The van der Waals surface area contributed by atoms with Crippen LogP contribution in [0.1, 0.15) is 12.5 Å². The first-order chi connectivity index (χ1) is 9.17. The Kier molecular flexibility index (Phi) is 2.95. The van der Waals surface area contributed by atoms with Crippen LogP contribution in [0.3, 0.4) is 0 Å². The molecule has 1 aromatic rings. The van der Waals surface area contributed by atoms with Crippen molar-refractivity contribution in [2.75, 3.05) is 6.61 Å². The quantitative estimate of drug-likeness (QED) is 0.670. The van der Waals surface area contributed by atoms with Gasteiger partial charge >= 0.3 is 0 Å². The van der Waals surface area contributed by atoms with E-state index in [2.05, 4.69) is 11.1 Å². The van der Waals surface area contributed by atoms with E-state index in [4.69, 9.17) is 4.74 Å². The monoisotopic (exact) mass is 271 g/mol. The molecule has 0 saturated carbocycles. The molecule has 2 aliphatic rings. The molecule has 0 atom stereocenters. The summed E-state index contributed by atoms with van der Waals surface area (Å²) in [6, 6.07) is 9.48. The minimum Gasteiger partial charge on any atom is -0.490 e. The molecule has 1 aromatic carbocycles. The highest BCUT2D eigenvalue weighted by Gasteiger charge is 2.11. The number of rotatable bonds is 2. The van der Waals surface area contributed by atoms with Crippen molar-refractivity contribution in [3.05, 3.63) is 46.1 Å². The minimum absolute atomic E-state index is 0.0839. The van der Waals surface area contributed by atoms with Gasteiger partial charge in [-0.05, 0) is 31.5 Å². The number of nitrogens with zero attached hydrogens (tertiary/aromatic N) is 1. The second-order valence-electron chi connectivity index (χ2n) is 4.38. The molecule has 0 radical (unpaired) electrons. The summed E-state index contributed by atoms with van der Waals surface area (Å²) in [6.45, 7) is 4.40. The van der Waals surface area contributed by atoms with Crippen molar-refractivity contribution in [2.45, 2.75) is 13.8 Å². The summed E-state index contributed by atoms with van der Waals surface area (Å²) in [5.74, 6) is 0.376. The van der Waals surface area contributed by atoms with Crippen LogP contribution in [0.25, 0.3) is 20.8 Å². The zero-order valence-electron chi connectivity index (χ0n) is 10.8. The van der Waals surface area contributed by atoms with Crippen molar-refractivity contribution in [2.24, 2.45) is 0 Å². The Morgan fingerprint density at radius 3 is 2.89 bits per heavy atom. The highest BCUT2D eigenvalue weighted by Crippen LogP contribution is 2.31. The predicted octanol–water partition coefficient (Wildman–Crippen LogP) is 3.47. The van der Waals surface area contributed by atoms with Crippen molar-refractivity contribution in [1.29, 1.82) is 0 Å². The number of fused-ring (bicyclic) bond motifs is 2. The lowest BCUT2D eigenvalue weighted by atomic mass is 10.2. The molecule has 0 aromatic heterocycles. The first kappa shape index (κ1) is 12.1. The molecule has 0 N–H and O–H groups in total. The molecule has 0 bridgehead atoms. The summed E-state index contributed by atoms with van der Waals surface area (Å²) in [7, 11) is 0. The average molecular weight is 271 g/mol.